The molecule has 0 atom stereocenters. The minimum absolute atomic E-state index is 0.0550. The molecule has 5 nitrogen and oxygen atoms in total. The van der Waals surface area contributed by atoms with Gasteiger partial charge in [0.05, 0.1) is 7.11 Å². The molecular weight excluding hydrogens is 256 g/mol. The normalized spacial score (nSPS) is 10.6. The minimum atomic E-state index is -0.431. The summed E-state index contributed by atoms with van der Waals surface area (Å²) in [7, 11) is 2.90. The number of hydrogen-bond donors (Lipinski definition) is 0. The third kappa shape index (κ3) is 2.52. The van der Waals surface area contributed by atoms with Gasteiger partial charge in [-0.1, -0.05) is 18.2 Å². The van der Waals surface area contributed by atoms with Gasteiger partial charge in [0.15, 0.2) is 0 Å². The summed E-state index contributed by atoms with van der Waals surface area (Å²) in [6.45, 7) is 2.63. The number of hydrogen-bond acceptors (Lipinski definition) is 3. The van der Waals surface area contributed by atoms with Crippen LogP contribution in [0.25, 0.3) is 10.9 Å². The highest BCUT2D eigenvalue weighted by Crippen LogP contribution is 2.20. The van der Waals surface area contributed by atoms with Crippen LogP contribution >= 0.6 is 0 Å². The Morgan fingerprint density at radius 3 is 2.65 bits per heavy atom. The lowest BCUT2D eigenvalue weighted by Crippen LogP contribution is -2.33. The van der Waals surface area contributed by atoms with Crippen molar-refractivity contribution in [2.75, 3.05) is 20.7 Å². The zero-order valence-corrected chi connectivity index (χ0v) is 11.9. The summed E-state index contributed by atoms with van der Waals surface area (Å²) in [5.74, 6) is -0.617. The van der Waals surface area contributed by atoms with Crippen LogP contribution in [0.15, 0.2) is 30.3 Å². The first-order chi connectivity index (χ1) is 9.58. The van der Waals surface area contributed by atoms with Gasteiger partial charge in [0.1, 0.15) is 12.2 Å². The number of aromatic nitrogens is 1. The van der Waals surface area contributed by atoms with Crippen LogP contribution in [-0.4, -0.2) is 42.0 Å². The highest BCUT2D eigenvalue weighted by Gasteiger charge is 2.20. The average molecular weight is 274 g/mol. The van der Waals surface area contributed by atoms with Crippen LogP contribution in [0.5, 0.6) is 0 Å². The van der Waals surface area contributed by atoms with Crippen LogP contribution in [0, 0.1) is 0 Å². The van der Waals surface area contributed by atoms with E-state index in [1.54, 1.807) is 7.05 Å². The topological polar surface area (TPSA) is 51.5 Å². The van der Waals surface area contributed by atoms with Gasteiger partial charge in [-0.2, -0.15) is 0 Å². The second-order valence-electron chi connectivity index (χ2n) is 4.57. The summed E-state index contributed by atoms with van der Waals surface area (Å²) >= 11 is 0. The third-order valence-corrected chi connectivity index (χ3v) is 3.29. The fourth-order valence-electron chi connectivity index (χ4n) is 2.25. The van der Waals surface area contributed by atoms with Crippen LogP contribution in [0.2, 0.25) is 0 Å². The number of nitrogens with zero attached hydrogens (tertiary/aromatic N) is 2. The predicted octanol–water partition coefficient (Wildman–Crippen LogP) is 1.91. The Kier molecular flexibility index (Phi) is 4.08. The van der Waals surface area contributed by atoms with E-state index in [1.807, 2.05) is 41.8 Å². The molecule has 2 aromatic rings. The molecule has 1 heterocycles. The molecule has 0 spiro atoms. The Morgan fingerprint density at radius 1 is 1.30 bits per heavy atom. The number of carbonyl (C=O) groups is 2. The van der Waals surface area contributed by atoms with Crippen LogP contribution < -0.4 is 0 Å². The summed E-state index contributed by atoms with van der Waals surface area (Å²) in [6.07, 6.45) is 0. The van der Waals surface area contributed by atoms with Crippen molar-refractivity contribution in [2.24, 2.45) is 0 Å². The molecular formula is C15H18N2O3. The summed E-state index contributed by atoms with van der Waals surface area (Å²) < 4.78 is 6.53. The quantitative estimate of drug-likeness (QED) is 0.800. The van der Waals surface area contributed by atoms with E-state index in [9.17, 15) is 9.59 Å². The number of amides is 1. The van der Waals surface area contributed by atoms with Gasteiger partial charge in [-0.25, -0.2) is 0 Å². The Hall–Kier alpha value is -2.30. The lowest BCUT2D eigenvalue weighted by atomic mass is 10.2. The molecule has 1 amide bonds. The van der Waals surface area contributed by atoms with Crippen molar-refractivity contribution in [3.63, 3.8) is 0 Å². The molecule has 0 aliphatic heterocycles. The predicted molar refractivity (Wildman–Crippen MR) is 76.6 cm³/mol. The minimum Gasteiger partial charge on any atom is -0.468 e. The van der Waals surface area contributed by atoms with Gasteiger partial charge in [0, 0.05) is 24.5 Å². The lowest BCUT2D eigenvalue weighted by Gasteiger charge is -2.16. The highest BCUT2D eigenvalue weighted by molar-refractivity contribution is 5.99. The zero-order chi connectivity index (χ0) is 14.7. The van der Waals surface area contributed by atoms with Crippen molar-refractivity contribution in [1.82, 2.24) is 9.47 Å². The van der Waals surface area contributed by atoms with Gasteiger partial charge >= 0.3 is 5.97 Å². The number of methoxy groups -OCH3 is 1. The molecule has 0 saturated heterocycles. The van der Waals surface area contributed by atoms with Gasteiger partial charge in [0.2, 0.25) is 0 Å². The van der Waals surface area contributed by atoms with Crippen molar-refractivity contribution in [2.45, 2.75) is 13.5 Å². The molecule has 0 unspecified atom stereocenters. The maximum absolute atomic E-state index is 12.4. The number of rotatable bonds is 4. The first-order valence-electron chi connectivity index (χ1n) is 6.49. The number of aryl methyl sites for hydroxylation is 1. The first kappa shape index (κ1) is 14.1. The fraction of sp³-hybridized carbons (Fsp3) is 0.333. The molecule has 0 saturated carbocycles. The number of likely N-dealkylation sites (N-methyl/N-ethyl adjacent to an activating group) is 1. The van der Waals surface area contributed by atoms with E-state index in [2.05, 4.69) is 4.74 Å². The Labute approximate surface area is 117 Å². The van der Waals surface area contributed by atoms with Gasteiger partial charge in [-0.05, 0) is 19.1 Å². The average Bonchev–Trinajstić information content (AvgIpc) is 2.84. The SMILES string of the molecule is CCn1c(C(=O)N(C)CC(=O)OC)cc2ccccc21. The zero-order valence-electron chi connectivity index (χ0n) is 11.9. The van der Waals surface area contributed by atoms with Crippen molar-refractivity contribution in [3.05, 3.63) is 36.0 Å². The van der Waals surface area contributed by atoms with E-state index in [-0.39, 0.29) is 12.5 Å². The van der Waals surface area contributed by atoms with Crippen LogP contribution in [0.3, 0.4) is 0 Å². The van der Waals surface area contributed by atoms with E-state index in [4.69, 9.17) is 0 Å². The number of fused-ring (bicyclic) bond motifs is 1. The molecule has 0 aliphatic carbocycles. The lowest BCUT2D eigenvalue weighted by molar-refractivity contribution is -0.141. The summed E-state index contributed by atoms with van der Waals surface area (Å²) in [5, 5.41) is 1.02. The molecule has 106 valence electrons. The van der Waals surface area contributed by atoms with E-state index in [1.165, 1.54) is 12.0 Å². The summed E-state index contributed by atoms with van der Waals surface area (Å²) in [4.78, 5) is 25.1. The van der Waals surface area contributed by atoms with Gasteiger partial charge in [-0.3, -0.25) is 9.59 Å². The van der Waals surface area contributed by atoms with E-state index in [0.29, 0.717) is 12.2 Å². The van der Waals surface area contributed by atoms with E-state index >= 15 is 0 Å². The number of esters is 1. The van der Waals surface area contributed by atoms with E-state index in [0.717, 1.165) is 10.9 Å². The van der Waals surface area contributed by atoms with Gasteiger partial charge in [-0.15, -0.1) is 0 Å². The standard InChI is InChI=1S/C15H18N2O3/c1-4-17-12-8-6-5-7-11(12)9-13(17)15(19)16(2)10-14(18)20-3/h5-9H,4,10H2,1-3H3. The highest BCUT2D eigenvalue weighted by atomic mass is 16.5. The monoisotopic (exact) mass is 274 g/mol. The van der Waals surface area contributed by atoms with E-state index < -0.39 is 5.97 Å². The molecule has 0 aliphatic rings. The van der Waals surface area contributed by atoms with Crippen LogP contribution in [0.4, 0.5) is 0 Å². The molecule has 2 rings (SSSR count). The number of benzene rings is 1. The number of para-hydroxylation sites is 1. The molecule has 1 aromatic heterocycles. The van der Waals surface area contributed by atoms with Gasteiger partial charge in [0.25, 0.3) is 5.91 Å². The number of carbonyl (C=O) groups excluding carboxylic acids is 2. The summed E-state index contributed by atoms with van der Waals surface area (Å²) in [5.41, 5.74) is 1.60. The third-order valence-electron chi connectivity index (χ3n) is 3.29. The molecule has 0 bridgehead atoms. The van der Waals surface area contributed by atoms with Crippen LogP contribution in [-0.2, 0) is 16.1 Å². The second kappa shape index (κ2) is 5.77. The van der Waals surface area contributed by atoms with Crippen LogP contribution in [0.1, 0.15) is 17.4 Å². The smallest absolute Gasteiger partial charge is 0.325 e. The molecule has 1 aromatic carbocycles. The largest absolute Gasteiger partial charge is 0.468 e. The first-order valence-corrected chi connectivity index (χ1v) is 6.49. The second-order valence-corrected chi connectivity index (χ2v) is 4.57. The van der Waals surface area contributed by atoms with Crippen molar-refractivity contribution >= 4 is 22.8 Å². The Morgan fingerprint density at radius 2 is 2.00 bits per heavy atom. The van der Waals surface area contributed by atoms with Crippen molar-refractivity contribution < 1.29 is 14.3 Å². The molecule has 20 heavy (non-hydrogen) atoms. The summed E-state index contributed by atoms with van der Waals surface area (Å²) in [6, 6.07) is 9.69. The Bertz CT molecular complexity index is 646. The van der Waals surface area contributed by atoms with Crippen molar-refractivity contribution in [1.29, 1.82) is 0 Å². The van der Waals surface area contributed by atoms with Crippen molar-refractivity contribution in [3.8, 4) is 0 Å². The fourth-order valence-corrected chi connectivity index (χ4v) is 2.25. The Balaban J connectivity index is 2.36. The number of ether oxygens (including phenoxy) is 1. The molecule has 5 heteroatoms. The maximum Gasteiger partial charge on any atom is 0.325 e. The molecule has 0 N–H and O–H groups in total. The van der Waals surface area contributed by atoms with Gasteiger partial charge < -0.3 is 14.2 Å². The maximum atomic E-state index is 12.4. The molecule has 0 radical (unpaired) electrons. The molecule has 0 fully saturated rings.